The highest BCUT2D eigenvalue weighted by Gasteiger charge is 2.00. The lowest BCUT2D eigenvalue weighted by Gasteiger charge is -2.03. The van der Waals surface area contributed by atoms with Crippen molar-refractivity contribution >= 4 is 5.82 Å². The van der Waals surface area contributed by atoms with Crippen molar-refractivity contribution in [2.24, 2.45) is 0 Å². The number of aryl methyl sites for hydroxylation is 2. The van der Waals surface area contributed by atoms with Gasteiger partial charge < -0.3 is 5.32 Å². The molecule has 3 nitrogen and oxygen atoms in total. The van der Waals surface area contributed by atoms with Gasteiger partial charge in [0.15, 0.2) is 0 Å². The molecule has 3 heteroatoms. The van der Waals surface area contributed by atoms with Crippen LogP contribution >= 0.6 is 0 Å². The third-order valence-electron chi connectivity index (χ3n) is 1.56. The molecule has 0 bridgehead atoms. The Balaban J connectivity index is 2.83. The molecule has 0 saturated heterocycles. The Kier molecular flexibility index (Phi) is 2.52. The molecule has 62 valence electrons. The molecule has 1 aromatic rings. The van der Waals surface area contributed by atoms with Gasteiger partial charge in [-0.15, -0.1) is 0 Å². The summed E-state index contributed by atoms with van der Waals surface area (Å²) in [6.07, 6.45) is 0. The monoisotopic (exact) mass is 153 g/mol. The van der Waals surface area contributed by atoms with E-state index in [1.807, 2.05) is 11.6 Å². The van der Waals surface area contributed by atoms with Crippen molar-refractivity contribution in [2.45, 2.75) is 27.3 Å². The van der Waals surface area contributed by atoms with E-state index in [0.717, 1.165) is 24.6 Å². The van der Waals surface area contributed by atoms with Crippen LogP contribution in [-0.2, 0) is 6.54 Å². The van der Waals surface area contributed by atoms with E-state index in [1.165, 1.54) is 0 Å². The van der Waals surface area contributed by atoms with Gasteiger partial charge in [0.05, 0.1) is 5.69 Å². The van der Waals surface area contributed by atoms with E-state index in [4.69, 9.17) is 0 Å². The lowest BCUT2D eigenvalue weighted by atomic mass is 10.4. The van der Waals surface area contributed by atoms with Gasteiger partial charge in [-0.05, 0) is 20.8 Å². The molecule has 0 spiro atoms. The van der Waals surface area contributed by atoms with Crippen LogP contribution in [-0.4, -0.2) is 16.3 Å². The molecule has 0 unspecified atom stereocenters. The fourth-order valence-corrected chi connectivity index (χ4v) is 1.11. The Hall–Kier alpha value is -0.990. The molecule has 1 aromatic heterocycles. The van der Waals surface area contributed by atoms with E-state index >= 15 is 0 Å². The number of hydrogen-bond acceptors (Lipinski definition) is 2. The summed E-state index contributed by atoms with van der Waals surface area (Å²) < 4.78 is 1.97. The van der Waals surface area contributed by atoms with Gasteiger partial charge in [0.25, 0.3) is 0 Å². The second kappa shape index (κ2) is 3.42. The summed E-state index contributed by atoms with van der Waals surface area (Å²) in [5.74, 6) is 1.12. The molecule has 0 radical (unpaired) electrons. The highest BCUT2D eigenvalue weighted by Crippen LogP contribution is 2.08. The van der Waals surface area contributed by atoms with E-state index in [0.29, 0.717) is 0 Å². The van der Waals surface area contributed by atoms with Crippen LogP contribution in [0.15, 0.2) is 6.07 Å². The van der Waals surface area contributed by atoms with Gasteiger partial charge in [0, 0.05) is 19.2 Å². The molecule has 11 heavy (non-hydrogen) atoms. The van der Waals surface area contributed by atoms with E-state index in [9.17, 15) is 0 Å². The summed E-state index contributed by atoms with van der Waals surface area (Å²) in [5.41, 5.74) is 1.07. The van der Waals surface area contributed by atoms with Gasteiger partial charge in [-0.2, -0.15) is 5.10 Å². The summed E-state index contributed by atoms with van der Waals surface area (Å²) in [5, 5.41) is 7.55. The van der Waals surface area contributed by atoms with Crippen LogP contribution in [0.5, 0.6) is 0 Å². The number of anilines is 1. The predicted molar refractivity (Wildman–Crippen MR) is 46.8 cm³/mol. The summed E-state index contributed by atoms with van der Waals surface area (Å²) in [4.78, 5) is 0. The highest BCUT2D eigenvalue weighted by atomic mass is 15.3. The maximum absolute atomic E-state index is 4.30. The Morgan fingerprint density at radius 3 is 2.82 bits per heavy atom. The SMILES string of the molecule is CCNc1cc(C)nn1CC. The molecule has 0 fully saturated rings. The lowest BCUT2D eigenvalue weighted by molar-refractivity contribution is 0.658. The largest absolute Gasteiger partial charge is 0.371 e. The molecule has 0 aliphatic heterocycles. The topological polar surface area (TPSA) is 29.9 Å². The molecule has 0 saturated carbocycles. The Bertz CT molecular complexity index is 227. The molecular formula is C8H15N3. The fourth-order valence-electron chi connectivity index (χ4n) is 1.11. The van der Waals surface area contributed by atoms with Crippen molar-refractivity contribution in [3.63, 3.8) is 0 Å². The average molecular weight is 153 g/mol. The summed E-state index contributed by atoms with van der Waals surface area (Å²) in [6.45, 7) is 8.06. The Labute approximate surface area is 67.4 Å². The minimum Gasteiger partial charge on any atom is -0.371 e. The number of aromatic nitrogens is 2. The maximum Gasteiger partial charge on any atom is 0.124 e. The zero-order valence-corrected chi connectivity index (χ0v) is 7.39. The molecule has 0 amide bonds. The van der Waals surface area contributed by atoms with Crippen molar-refractivity contribution in [3.05, 3.63) is 11.8 Å². The molecule has 0 aliphatic carbocycles. The predicted octanol–water partition coefficient (Wildman–Crippen LogP) is 1.64. The molecule has 0 atom stereocenters. The van der Waals surface area contributed by atoms with Crippen molar-refractivity contribution < 1.29 is 0 Å². The van der Waals surface area contributed by atoms with Crippen molar-refractivity contribution in [1.29, 1.82) is 0 Å². The van der Waals surface area contributed by atoms with E-state index in [-0.39, 0.29) is 0 Å². The van der Waals surface area contributed by atoms with Crippen LogP contribution < -0.4 is 5.32 Å². The minimum absolute atomic E-state index is 0.927. The quantitative estimate of drug-likeness (QED) is 0.715. The number of rotatable bonds is 3. The number of nitrogens with zero attached hydrogens (tertiary/aromatic N) is 2. The van der Waals surface area contributed by atoms with Crippen molar-refractivity contribution in [1.82, 2.24) is 9.78 Å². The first kappa shape index (κ1) is 8.11. The normalized spacial score (nSPS) is 10.1. The first-order valence-electron chi connectivity index (χ1n) is 4.06. The first-order chi connectivity index (χ1) is 5.27. The van der Waals surface area contributed by atoms with Crippen molar-refractivity contribution in [3.8, 4) is 0 Å². The first-order valence-corrected chi connectivity index (χ1v) is 4.06. The fraction of sp³-hybridized carbons (Fsp3) is 0.625. The van der Waals surface area contributed by atoms with Crippen LogP contribution in [0.25, 0.3) is 0 Å². The number of nitrogens with one attached hydrogen (secondary N) is 1. The third-order valence-corrected chi connectivity index (χ3v) is 1.56. The van der Waals surface area contributed by atoms with Crippen molar-refractivity contribution in [2.75, 3.05) is 11.9 Å². The van der Waals surface area contributed by atoms with Crippen LogP contribution in [0.1, 0.15) is 19.5 Å². The van der Waals surface area contributed by atoms with Gasteiger partial charge in [0.1, 0.15) is 5.82 Å². The van der Waals surface area contributed by atoms with Gasteiger partial charge >= 0.3 is 0 Å². The molecular weight excluding hydrogens is 138 g/mol. The van der Waals surface area contributed by atoms with Gasteiger partial charge in [-0.3, -0.25) is 0 Å². The summed E-state index contributed by atoms with van der Waals surface area (Å²) >= 11 is 0. The molecule has 1 N–H and O–H groups in total. The van der Waals surface area contributed by atoms with Gasteiger partial charge in [0.2, 0.25) is 0 Å². The van der Waals surface area contributed by atoms with Crippen LogP contribution in [0, 0.1) is 6.92 Å². The van der Waals surface area contributed by atoms with Gasteiger partial charge in [-0.1, -0.05) is 0 Å². The molecule has 1 rings (SSSR count). The zero-order valence-electron chi connectivity index (χ0n) is 7.39. The number of hydrogen-bond donors (Lipinski definition) is 1. The minimum atomic E-state index is 0.927. The van der Waals surface area contributed by atoms with Crippen LogP contribution in [0.3, 0.4) is 0 Å². The Morgan fingerprint density at radius 2 is 2.27 bits per heavy atom. The van der Waals surface area contributed by atoms with Gasteiger partial charge in [-0.25, -0.2) is 4.68 Å². The van der Waals surface area contributed by atoms with Crippen LogP contribution in [0.2, 0.25) is 0 Å². The van der Waals surface area contributed by atoms with E-state index in [1.54, 1.807) is 0 Å². The third kappa shape index (κ3) is 1.73. The molecule has 0 aromatic carbocycles. The smallest absolute Gasteiger partial charge is 0.124 e. The second-order valence-electron chi connectivity index (χ2n) is 2.52. The van der Waals surface area contributed by atoms with E-state index in [2.05, 4.69) is 30.3 Å². The summed E-state index contributed by atoms with van der Waals surface area (Å²) in [6, 6.07) is 2.06. The Morgan fingerprint density at radius 1 is 1.55 bits per heavy atom. The average Bonchev–Trinajstić information content (AvgIpc) is 2.32. The van der Waals surface area contributed by atoms with E-state index < -0.39 is 0 Å². The lowest BCUT2D eigenvalue weighted by Crippen LogP contribution is -2.05. The maximum atomic E-state index is 4.30. The summed E-state index contributed by atoms with van der Waals surface area (Å²) in [7, 11) is 0. The molecule has 0 aliphatic rings. The molecule has 1 heterocycles. The van der Waals surface area contributed by atoms with Crippen LogP contribution in [0.4, 0.5) is 5.82 Å². The highest BCUT2D eigenvalue weighted by molar-refractivity contribution is 5.36. The second-order valence-corrected chi connectivity index (χ2v) is 2.52. The zero-order chi connectivity index (χ0) is 8.27. The standard InChI is InChI=1S/C8H15N3/c1-4-9-8-6-7(3)10-11(8)5-2/h6,9H,4-5H2,1-3H3.